The standard InChI is InChI=1S/C15H25N3O2/c1-5-20-14(19)15(13-6-7-13,17-11(2)3)10-18-9-8-16-12(18)4/h8-9,11,13,17H,5-7,10H2,1-4H3. The molecular weight excluding hydrogens is 254 g/mol. The smallest absolute Gasteiger partial charge is 0.328 e. The Balaban J connectivity index is 2.30. The molecular formula is C15H25N3O2. The van der Waals surface area contributed by atoms with Crippen LogP contribution in [0.3, 0.4) is 0 Å². The van der Waals surface area contributed by atoms with Crippen molar-refractivity contribution >= 4 is 5.97 Å². The fourth-order valence-corrected chi connectivity index (χ4v) is 2.77. The van der Waals surface area contributed by atoms with E-state index in [-0.39, 0.29) is 12.0 Å². The van der Waals surface area contributed by atoms with Gasteiger partial charge < -0.3 is 9.30 Å². The van der Waals surface area contributed by atoms with Crippen LogP contribution in [0.15, 0.2) is 12.4 Å². The SMILES string of the molecule is CCOC(=O)C(Cn1ccnc1C)(NC(C)C)C1CC1. The van der Waals surface area contributed by atoms with E-state index >= 15 is 0 Å². The molecule has 20 heavy (non-hydrogen) atoms. The minimum absolute atomic E-state index is 0.135. The van der Waals surface area contributed by atoms with Gasteiger partial charge in [0.25, 0.3) is 0 Å². The molecule has 0 bridgehead atoms. The van der Waals surface area contributed by atoms with Crippen LogP contribution in [0.2, 0.25) is 0 Å². The Bertz CT molecular complexity index is 465. The molecule has 1 atom stereocenters. The zero-order chi connectivity index (χ0) is 14.8. The number of imidazole rings is 1. The van der Waals surface area contributed by atoms with Crippen molar-refractivity contribution < 1.29 is 9.53 Å². The van der Waals surface area contributed by atoms with Crippen LogP contribution >= 0.6 is 0 Å². The Kier molecular flexibility index (Phi) is 4.48. The highest BCUT2D eigenvalue weighted by Gasteiger charge is 2.52. The van der Waals surface area contributed by atoms with Gasteiger partial charge in [0.15, 0.2) is 0 Å². The van der Waals surface area contributed by atoms with E-state index in [1.807, 2.05) is 24.6 Å². The molecule has 1 N–H and O–H groups in total. The molecule has 112 valence electrons. The highest BCUT2D eigenvalue weighted by Crippen LogP contribution is 2.42. The van der Waals surface area contributed by atoms with Gasteiger partial charge in [-0.3, -0.25) is 5.32 Å². The molecule has 1 fully saturated rings. The lowest BCUT2D eigenvalue weighted by atomic mass is 9.91. The Hall–Kier alpha value is -1.36. The molecule has 1 heterocycles. The third-order valence-corrected chi connectivity index (χ3v) is 3.80. The zero-order valence-corrected chi connectivity index (χ0v) is 12.8. The van der Waals surface area contributed by atoms with Gasteiger partial charge in [0, 0.05) is 18.4 Å². The van der Waals surface area contributed by atoms with Gasteiger partial charge in [-0.25, -0.2) is 9.78 Å². The van der Waals surface area contributed by atoms with Crippen molar-refractivity contribution in [2.45, 2.75) is 58.7 Å². The Labute approximate surface area is 120 Å². The summed E-state index contributed by atoms with van der Waals surface area (Å²) in [4.78, 5) is 16.8. The van der Waals surface area contributed by atoms with Crippen LogP contribution in [-0.2, 0) is 16.1 Å². The van der Waals surface area contributed by atoms with Crippen LogP contribution in [0.1, 0.15) is 39.4 Å². The highest BCUT2D eigenvalue weighted by molar-refractivity contribution is 5.82. The molecule has 1 saturated carbocycles. The second kappa shape index (κ2) is 5.95. The van der Waals surface area contributed by atoms with E-state index in [1.54, 1.807) is 6.20 Å². The fraction of sp³-hybridized carbons (Fsp3) is 0.733. The van der Waals surface area contributed by atoms with Crippen molar-refractivity contribution in [1.29, 1.82) is 0 Å². The van der Waals surface area contributed by atoms with Crippen LogP contribution < -0.4 is 5.32 Å². The average Bonchev–Trinajstić information content (AvgIpc) is 3.15. The normalized spacial score (nSPS) is 18.1. The van der Waals surface area contributed by atoms with Gasteiger partial charge in [-0.15, -0.1) is 0 Å². The van der Waals surface area contributed by atoms with Crippen molar-refractivity contribution in [2.24, 2.45) is 5.92 Å². The molecule has 5 heteroatoms. The van der Waals surface area contributed by atoms with Gasteiger partial charge in [0.1, 0.15) is 11.4 Å². The summed E-state index contributed by atoms with van der Waals surface area (Å²) < 4.78 is 7.40. The largest absolute Gasteiger partial charge is 0.465 e. The van der Waals surface area contributed by atoms with E-state index in [1.165, 1.54) is 0 Å². The van der Waals surface area contributed by atoms with Gasteiger partial charge in [0.2, 0.25) is 0 Å². The van der Waals surface area contributed by atoms with Crippen molar-refractivity contribution in [3.8, 4) is 0 Å². The molecule has 1 aromatic rings. The molecule has 0 spiro atoms. The van der Waals surface area contributed by atoms with Crippen LogP contribution in [0, 0.1) is 12.8 Å². The molecule has 0 amide bonds. The molecule has 2 rings (SSSR count). The monoisotopic (exact) mass is 279 g/mol. The molecule has 0 aliphatic heterocycles. The maximum Gasteiger partial charge on any atom is 0.328 e. The molecule has 1 aliphatic carbocycles. The van der Waals surface area contributed by atoms with Crippen LogP contribution in [-0.4, -0.2) is 33.7 Å². The van der Waals surface area contributed by atoms with Crippen molar-refractivity contribution in [3.05, 3.63) is 18.2 Å². The number of aryl methyl sites for hydroxylation is 1. The lowest BCUT2D eigenvalue weighted by Gasteiger charge is -2.35. The quantitative estimate of drug-likeness (QED) is 0.775. The van der Waals surface area contributed by atoms with E-state index < -0.39 is 5.54 Å². The fourth-order valence-electron chi connectivity index (χ4n) is 2.77. The van der Waals surface area contributed by atoms with Gasteiger partial charge in [0.05, 0.1) is 13.2 Å². The Morgan fingerprint density at radius 1 is 1.60 bits per heavy atom. The first-order valence-electron chi connectivity index (χ1n) is 7.42. The summed E-state index contributed by atoms with van der Waals surface area (Å²) in [7, 11) is 0. The first kappa shape index (κ1) is 15.0. The minimum atomic E-state index is -0.629. The van der Waals surface area contributed by atoms with Crippen molar-refractivity contribution in [1.82, 2.24) is 14.9 Å². The van der Waals surface area contributed by atoms with Crippen LogP contribution in [0.25, 0.3) is 0 Å². The number of esters is 1. The van der Waals surface area contributed by atoms with Crippen LogP contribution in [0.5, 0.6) is 0 Å². The van der Waals surface area contributed by atoms with Gasteiger partial charge in [-0.1, -0.05) is 0 Å². The number of aromatic nitrogens is 2. The summed E-state index contributed by atoms with van der Waals surface area (Å²) >= 11 is 0. The topological polar surface area (TPSA) is 56.2 Å². The third kappa shape index (κ3) is 3.03. The van der Waals surface area contributed by atoms with Crippen molar-refractivity contribution in [3.63, 3.8) is 0 Å². The molecule has 1 aliphatic rings. The van der Waals surface area contributed by atoms with Crippen LogP contribution in [0.4, 0.5) is 0 Å². The lowest BCUT2D eigenvalue weighted by Crippen LogP contribution is -2.59. The number of ether oxygens (including phenoxy) is 1. The lowest BCUT2D eigenvalue weighted by molar-refractivity contribution is -0.153. The number of carbonyl (C=O) groups is 1. The maximum absolute atomic E-state index is 12.6. The number of hydrogen-bond acceptors (Lipinski definition) is 4. The number of rotatable bonds is 7. The molecule has 5 nitrogen and oxygen atoms in total. The minimum Gasteiger partial charge on any atom is -0.465 e. The zero-order valence-electron chi connectivity index (χ0n) is 12.8. The molecule has 0 saturated heterocycles. The second-order valence-electron chi connectivity index (χ2n) is 5.87. The van der Waals surface area contributed by atoms with E-state index in [0.717, 1.165) is 18.7 Å². The van der Waals surface area contributed by atoms with Gasteiger partial charge in [-0.2, -0.15) is 0 Å². The summed E-state index contributed by atoms with van der Waals surface area (Å²) in [5.41, 5.74) is -0.629. The molecule has 0 radical (unpaired) electrons. The second-order valence-corrected chi connectivity index (χ2v) is 5.87. The summed E-state index contributed by atoms with van der Waals surface area (Å²) in [6.45, 7) is 8.94. The first-order chi connectivity index (χ1) is 9.49. The van der Waals surface area contributed by atoms with E-state index in [2.05, 4.69) is 24.1 Å². The Morgan fingerprint density at radius 3 is 2.75 bits per heavy atom. The number of carbonyl (C=O) groups excluding carboxylic acids is 1. The van der Waals surface area contributed by atoms with E-state index in [9.17, 15) is 4.79 Å². The van der Waals surface area contributed by atoms with Gasteiger partial charge in [-0.05, 0) is 46.5 Å². The average molecular weight is 279 g/mol. The first-order valence-corrected chi connectivity index (χ1v) is 7.42. The van der Waals surface area contributed by atoms with Gasteiger partial charge >= 0.3 is 5.97 Å². The predicted octanol–water partition coefficient (Wildman–Crippen LogP) is 1.90. The molecule has 1 unspecified atom stereocenters. The van der Waals surface area contributed by atoms with E-state index in [4.69, 9.17) is 4.74 Å². The molecule has 1 aromatic heterocycles. The predicted molar refractivity (Wildman–Crippen MR) is 77.3 cm³/mol. The summed E-state index contributed by atoms with van der Waals surface area (Å²) in [5, 5.41) is 3.48. The van der Waals surface area contributed by atoms with Crippen molar-refractivity contribution in [2.75, 3.05) is 6.61 Å². The summed E-state index contributed by atoms with van der Waals surface area (Å²) in [6, 6.07) is 0.226. The van der Waals surface area contributed by atoms with E-state index in [0.29, 0.717) is 19.1 Å². The Morgan fingerprint density at radius 2 is 2.30 bits per heavy atom. The molecule has 0 aromatic carbocycles. The third-order valence-electron chi connectivity index (χ3n) is 3.80. The highest BCUT2D eigenvalue weighted by atomic mass is 16.5. The number of hydrogen-bond donors (Lipinski definition) is 1. The number of nitrogens with zero attached hydrogens (tertiary/aromatic N) is 2. The number of nitrogens with one attached hydrogen (secondary N) is 1. The summed E-state index contributed by atoms with van der Waals surface area (Å²) in [6.07, 6.45) is 5.85. The summed E-state index contributed by atoms with van der Waals surface area (Å²) in [5.74, 6) is 1.14. The maximum atomic E-state index is 12.6.